The van der Waals surface area contributed by atoms with Gasteiger partial charge < -0.3 is 10.2 Å². The Balaban J connectivity index is 1.44. The fourth-order valence-corrected chi connectivity index (χ4v) is 4.50. The summed E-state index contributed by atoms with van der Waals surface area (Å²) in [6, 6.07) is 20.6. The predicted octanol–water partition coefficient (Wildman–Crippen LogP) is 3.20. The number of hydrogen-bond donors (Lipinski definition) is 1. The average Bonchev–Trinajstić information content (AvgIpc) is 3.28. The van der Waals surface area contributed by atoms with E-state index in [0.717, 1.165) is 38.9 Å². The lowest BCUT2D eigenvalue weighted by atomic mass is 9.88. The fourth-order valence-electron chi connectivity index (χ4n) is 4.50. The van der Waals surface area contributed by atoms with Crippen LogP contribution in [0.25, 0.3) is 10.8 Å². The first-order valence-corrected chi connectivity index (χ1v) is 10.00. The van der Waals surface area contributed by atoms with Crippen LogP contribution >= 0.6 is 0 Å². The van der Waals surface area contributed by atoms with Crippen molar-refractivity contribution in [3.05, 3.63) is 77.9 Å². The zero-order chi connectivity index (χ0) is 20.9. The van der Waals surface area contributed by atoms with Crippen molar-refractivity contribution in [2.75, 3.05) is 18.0 Å². The molecule has 4 amide bonds. The van der Waals surface area contributed by atoms with Crippen molar-refractivity contribution in [2.45, 2.75) is 18.9 Å². The lowest BCUT2D eigenvalue weighted by molar-refractivity contribution is -0.134. The third-order valence-corrected chi connectivity index (χ3v) is 6.08. The van der Waals surface area contributed by atoms with Crippen molar-refractivity contribution in [3.8, 4) is 0 Å². The number of carbonyl (C=O) groups excluding carboxylic acids is 3. The minimum absolute atomic E-state index is 0.259. The second-order valence-electron chi connectivity index (χ2n) is 7.90. The predicted molar refractivity (Wildman–Crippen MR) is 114 cm³/mol. The van der Waals surface area contributed by atoms with Crippen LogP contribution in [0, 0.1) is 0 Å². The topological polar surface area (TPSA) is 69.7 Å². The van der Waals surface area contributed by atoms with E-state index in [0.29, 0.717) is 6.54 Å². The number of anilines is 1. The lowest BCUT2D eigenvalue weighted by Crippen LogP contribution is -2.44. The lowest BCUT2D eigenvalue weighted by Gasteiger charge is -2.24. The second kappa shape index (κ2) is 6.69. The summed E-state index contributed by atoms with van der Waals surface area (Å²) in [5.41, 5.74) is 1.46. The molecule has 1 unspecified atom stereocenters. The monoisotopic (exact) mass is 399 g/mol. The van der Waals surface area contributed by atoms with E-state index in [9.17, 15) is 14.4 Å². The number of benzene rings is 3. The molecule has 5 rings (SSSR count). The Hall–Kier alpha value is -3.67. The molecule has 30 heavy (non-hydrogen) atoms. The van der Waals surface area contributed by atoms with Gasteiger partial charge in [0.05, 0.1) is 0 Å². The summed E-state index contributed by atoms with van der Waals surface area (Å²) in [5.74, 6) is -0.671. The molecular weight excluding hydrogens is 378 g/mol. The minimum atomic E-state index is -1.22. The van der Waals surface area contributed by atoms with Gasteiger partial charge in [0.15, 0.2) is 0 Å². The number of para-hydroxylation sites is 1. The Kier molecular flexibility index (Phi) is 4.10. The van der Waals surface area contributed by atoms with Gasteiger partial charge in [0.2, 0.25) is 5.91 Å². The number of carbonyl (C=O) groups is 3. The molecule has 0 aromatic heterocycles. The van der Waals surface area contributed by atoms with Crippen molar-refractivity contribution < 1.29 is 14.4 Å². The molecule has 1 N–H and O–H groups in total. The summed E-state index contributed by atoms with van der Waals surface area (Å²) in [4.78, 5) is 41.7. The standard InChI is InChI=1S/C24H21N3O3/c1-24(19-11-6-9-16-7-2-4-10-18(16)19)22(29)27(23(30)25-24)15-21(28)26-14-13-17-8-3-5-12-20(17)26/h2-12H,13-15H2,1H3,(H,25,30). The molecule has 3 aromatic carbocycles. The molecule has 1 fully saturated rings. The second-order valence-corrected chi connectivity index (χ2v) is 7.90. The van der Waals surface area contributed by atoms with Gasteiger partial charge in [-0.25, -0.2) is 4.79 Å². The van der Waals surface area contributed by atoms with Gasteiger partial charge in [-0.3, -0.25) is 14.5 Å². The van der Waals surface area contributed by atoms with E-state index >= 15 is 0 Å². The molecule has 2 aliphatic heterocycles. The van der Waals surface area contributed by atoms with Crippen LogP contribution in [0.2, 0.25) is 0 Å². The quantitative estimate of drug-likeness (QED) is 0.688. The Labute approximate surface area is 174 Å². The van der Waals surface area contributed by atoms with Crippen molar-refractivity contribution >= 4 is 34.3 Å². The van der Waals surface area contributed by atoms with Crippen LogP contribution in [0.5, 0.6) is 0 Å². The highest BCUT2D eigenvalue weighted by Crippen LogP contribution is 2.34. The molecule has 0 spiro atoms. The van der Waals surface area contributed by atoms with Crippen LogP contribution in [0.1, 0.15) is 18.1 Å². The Bertz CT molecular complexity index is 1200. The van der Waals surface area contributed by atoms with Crippen LogP contribution < -0.4 is 10.2 Å². The van der Waals surface area contributed by atoms with E-state index in [-0.39, 0.29) is 12.5 Å². The molecule has 2 heterocycles. The number of nitrogens with one attached hydrogen (secondary N) is 1. The number of amides is 4. The molecule has 150 valence electrons. The molecule has 0 radical (unpaired) electrons. The summed E-state index contributed by atoms with van der Waals surface area (Å²) in [6.45, 7) is 1.98. The van der Waals surface area contributed by atoms with E-state index in [4.69, 9.17) is 0 Å². The molecule has 1 saturated heterocycles. The molecule has 2 aliphatic rings. The molecule has 6 heteroatoms. The van der Waals surface area contributed by atoms with Gasteiger partial charge >= 0.3 is 6.03 Å². The molecule has 0 saturated carbocycles. The number of rotatable bonds is 3. The van der Waals surface area contributed by atoms with E-state index in [1.807, 2.05) is 66.7 Å². The smallest absolute Gasteiger partial charge is 0.319 e. The first-order chi connectivity index (χ1) is 14.5. The molecule has 0 aliphatic carbocycles. The SMILES string of the molecule is CC1(c2cccc3ccccc23)NC(=O)N(CC(=O)N2CCc3ccccc32)C1=O. The van der Waals surface area contributed by atoms with Crippen molar-refractivity contribution in [2.24, 2.45) is 0 Å². The summed E-state index contributed by atoms with van der Waals surface area (Å²) < 4.78 is 0. The summed E-state index contributed by atoms with van der Waals surface area (Å²) >= 11 is 0. The van der Waals surface area contributed by atoms with Gasteiger partial charge in [-0.1, -0.05) is 60.7 Å². The van der Waals surface area contributed by atoms with Crippen LogP contribution in [-0.2, 0) is 21.5 Å². The summed E-state index contributed by atoms with van der Waals surface area (Å²) in [7, 11) is 0. The molecule has 6 nitrogen and oxygen atoms in total. The third kappa shape index (κ3) is 2.68. The zero-order valence-corrected chi connectivity index (χ0v) is 16.6. The average molecular weight is 399 g/mol. The maximum absolute atomic E-state index is 13.3. The van der Waals surface area contributed by atoms with Gasteiger partial charge in [0.1, 0.15) is 12.1 Å². The fraction of sp³-hybridized carbons (Fsp3) is 0.208. The highest BCUT2D eigenvalue weighted by Gasteiger charge is 2.50. The largest absolute Gasteiger partial charge is 0.325 e. The molecule has 0 bridgehead atoms. The highest BCUT2D eigenvalue weighted by atomic mass is 16.2. The van der Waals surface area contributed by atoms with E-state index in [1.165, 1.54) is 0 Å². The van der Waals surface area contributed by atoms with Gasteiger partial charge in [-0.05, 0) is 41.3 Å². The Morgan fingerprint density at radius 2 is 1.73 bits per heavy atom. The van der Waals surface area contributed by atoms with E-state index in [1.54, 1.807) is 11.8 Å². The first-order valence-electron chi connectivity index (χ1n) is 10.00. The number of imide groups is 1. The van der Waals surface area contributed by atoms with Crippen molar-refractivity contribution in [1.29, 1.82) is 0 Å². The Morgan fingerprint density at radius 3 is 2.60 bits per heavy atom. The van der Waals surface area contributed by atoms with Crippen LogP contribution in [0.4, 0.5) is 10.5 Å². The number of nitrogens with zero attached hydrogens (tertiary/aromatic N) is 2. The molecule has 3 aromatic rings. The van der Waals surface area contributed by atoms with Crippen LogP contribution in [-0.4, -0.2) is 35.8 Å². The van der Waals surface area contributed by atoms with Gasteiger partial charge in [0, 0.05) is 12.2 Å². The van der Waals surface area contributed by atoms with Crippen molar-refractivity contribution in [1.82, 2.24) is 10.2 Å². The highest BCUT2D eigenvalue weighted by molar-refractivity contribution is 6.12. The van der Waals surface area contributed by atoms with E-state index < -0.39 is 17.5 Å². The molecule has 1 atom stereocenters. The number of urea groups is 1. The van der Waals surface area contributed by atoms with Gasteiger partial charge in [0.25, 0.3) is 5.91 Å². The van der Waals surface area contributed by atoms with Gasteiger partial charge in [-0.2, -0.15) is 0 Å². The maximum Gasteiger partial charge on any atom is 0.325 e. The van der Waals surface area contributed by atoms with E-state index in [2.05, 4.69) is 5.32 Å². The normalized spacial score (nSPS) is 20.6. The molecular formula is C24H21N3O3. The Morgan fingerprint density at radius 1 is 1.00 bits per heavy atom. The van der Waals surface area contributed by atoms with Crippen molar-refractivity contribution in [3.63, 3.8) is 0 Å². The van der Waals surface area contributed by atoms with Crippen LogP contribution in [0.15, 0.2) is 66.7 Å². The number of fused-ring (bicyclic) bond motifs is 2. The number of hydrogen-bond acceptors (Lipinski definition) is 3. The van der Waals surface area contributed by atoms with Crippen LogP contribution in [0.3, 0.4) is 0 Å². The zero-order valence-electron chi connectivity index (χ0n) is 16.6. The summed E-state index contributed by atoms with van der Waals surface area (Å²) in [6.07, 6.45) is 0.774. The maximum atomic E-state index is 13.3. The third-order valence-electron chi connectivity index (χ3n) is 6.08. The first kappa shape index (κ1) is 18.4. The minimum Gasteiger partial charge on any atom is -0.319 e. The van der Waals surface area contributed by atoms with Gasteiger partial charge in [-0.15, -0.1) is 0 Å². The summed E-state index contributed by atoms with van der Waals surface area (Å²) in [5, 5.41) is 4.71.